The molecule has 1 unspecified atom stereocenters. The molecule has 4 heteroatoms. The van der Waals surface area contributed by atoms with Gasteiger partial charge in [-0.3, -0.25) is 4.68 Å². The summed E-state index contributed by atoms with van der Waals surface area (Å²) in [5.74, 6) is 0. The molecule has 1 saturated heterocycles. The van der Waals surface area contributed by atoms with Crippen LogP contribution < -0.4 is 5.32 Å². The third-order valence-corrected chi connectivity index (χ3v) is 2.77. The van der Waals surface area contributed by atoms with Gasteiger partial charge in [-0.1, -0.05) is 0 Å². The number of aryl methyl sites for hydroxylation is 1. The Morgan fingerprint density at radius 2 is 2.40 bits per heavy atom. The van der Waals surface area contributed by atoms with E-state index in [0.717, 1.165) is 25.1 Å². The summed E-state index contributed by atoms with van der Waals surface area (Å²) in [6, 6.07) is 0.498. The molecule has 1 aromatic heterocycles. The van der Waals surface area contributed by atoms with Crippen LogP contribution in [0.1, 0.15) is 26.7 Å². The van der Waals surface area contributed by atoms with Crippen LogP contribution in [0.5, 0.6) is 0 Å². The van der Waals surface area contributed by atoms with Gasteiger partial charge in [-0.2, -0.15) is 5.10 Å². The highest BCUT2D eigenvalue weighted by Crippen LogP contribution is 2.26. The van der Waals surface area contributed by atoms with E-state index in [1.165, 1.54) is 0 Å². The molecule has 0 aromatic carbocycles. The second-order valence-electron chi connectivity index (χ2n) is 4.84. The Bertz CT molecular complexity index is 332. The highest BCUT2D eigenvalue weighted by Gasteiger charge is 2.28. The summed E-state index contributed by atoms with van der Waals surface area (Å²) >= 11 is 0. The van der Waals surface area contributed by atoms with Crippen molar-refractivity contribution in [1.82, 2.24) is 9.78 Å². The monoisotopic (exact) mass is 209 g/mol. The molecule has 1 aliphatic rings. The van der Waals surface area contributed by atoms with Gasteiger partial charge < -0.3 is 10.1 Å². The number of ether oxygens (including phenoxy) is 1. The van der Waals surface area contributed by atoms with Crippen molar-refractivity contribution >= 4 is 5.69 Å². The van der Waals surface area contributed by atoms with Gasteiger partial charge in [0.05, 0.1) is 17.5 Å². The molecule has 0 radical (unpaired) electrons. The lowest BCUT2D eigenvalue weighted by atomic mass is 9.94. The lowest BCUT2D eigenvalue weighted by Gasteiger charge is -2.36. The molecular formula is C11H19N3O. The number of rotatable bonds is 2. The first kappa shape index (κ1) is 10.5. The maximum absolute atomic E-state index is 5.68. The zero-order valence-corrected chi connectivity index (χ0v) is 9.66. The molecule has 1 fully saturated rings. The molecule has 1 aliphatic heterocycles. The first-order chi connectivity index (χ1) is 7.05. The molecule has 0 bridgehead atoms. The summed E-state index contributed by atoms with van der Waals surface area (Å²) in [5, 5.41) is 7.64. The number of hydrogen-bond donors (Lipinski definition) is 1. The smallest absolute Gasteiger partial charge is 0.0728 e. The normalized spacial score (nSPS) is 25.1. The molecule has 84 valence electrons. The second kappa shape index (κ2) is 3.85. The van der Waals surface area contributed by atoms with Gasteiger partial charge in [0, 0.05) is 25.9 Å². The van der Waals surface area contributed by atoms with Crippen molar-refractivity contribution in [3.05, 3.63) is 12.4 Å². The summed E-state index contributed by atoms with van der Waals surface area (Å²) in [7, 11) is 1.93. The Balaban J connectivity index is 1.95. The predicted molar refractivity (Wildman–Crippen MR) is 59.9 cm³/mol. The highest BCUT2D eigenvalue weighted by atomic mass is 16.5. The molecule has 15 heavy (non-hydrogen) atoms. The van der Waals surface area contributed by atoms with Crippen molar-refractivity contribution in [2.75, 3.05) is 11.9 Å². The van der Waals surface area contributed by atoms with Crippen molar-refractivity contribution in [2.24, 2.45) is 7.05 Å². The van der Waals surface area contributed by atoms with Crippen LogP contribution in [0.25, 0.3) is 0 Å². The van der Waals surface area contributed by atoms with Crippen molar-refractivity contribution in [3.8, 4) is 0 Å². The van der Waals surface area contributed by atoms with E-state index in [9.17, 15) is 0 Å². The van der Waals surface area contributed by atoms with Crippen LogP contribution in [0.3, 0.4) is 0 Å². The minimum Gasteiger partial charge on any atom is -0.380 e. The summed E-state index contributed by atoms with van der Waals surface area (Å²) < 4.78 is 7.49. The largest absolute Gasteiger partial charge is 0.380 e. The van der Waals surface area contributed by atoms with Crippen LogP contribution in [0.4, 0.5) is 5.69 Å². The number of nitrogens with zero attached hydrogens (tertiary/aromatic N) is 2. The fraction of sp³-hybridized carbons (Fsp3) is 0.727. The molecular weight excluding hydrogens is 190 g/mol. The zero-order valence-electron chi connectivity index (χ0n) is 9.66. The minimum atomic E-state index is -0.00186. The van der Waals surface area contributed by atoms with E-state index in [4.69, 9.17) is 4.74 Å². The maximum atomic E-state index is 5.68. The Morgan fingerprint density at radius 3 is 3.00 bits per heavy atom. The van der Waals surface area contributed by atoms with Crippen LogP contribution in [0.2, 0.25) is 0 Å². The molecule has 0 saturated carbocycles. The molecule has 4 nitrogen and oxygen atoms in total. The number of aromatic nitrogens is 2. The molecule has 1 aromatic rings. The summed E-state index contributed by atoms with van der Waals surface area (Å²) in [6.07, 6.45) is 5.98. The fourth-order valence-electron chi connectivity index (χ4n) is 2.09. The topological polar surface area (TPSA) is 39.1 Å². The van der Waals surface area contributed by atoms with Crippen molar-refractivity contribution in [3.63, 3.8) is 0 Å². The molecule has 2 rings (SSSR count). The van der Waals surface area contributed by atoms with Crippen LogP contribution in [-0.4, -0.2) is 28.0 Å². The Labute approximate surface area is 90.6 Å². The lowest BCUT2D eigenvalue weighted by molar-refractivity contribution is -0.0553. The van der Waals surface area contributed by atoms with E-state index in [-0.39, 0.29) is 5.60 Å². The van der Waals surface area contributed by atoms with E-state index in [0.29, 0.717) is 6.04 Å². The molecule has 2 heterocycles. The Hall–Kier alpha value is -1.03. The standard InChI is InChI=1S/C11H19N3O/c1-11(2)6-9(4-5-15-11)13-10-7-12-14(3)8-10/h7-9,13H,4-6H2,1-3H3. The summed E-state index contributed by atoms with van der Waals surface area (Å²) in [4.78, 5) is 0. The predicted octanol–water partition coefficient (Wildman–Crippen LogP) is 1.79. The summed E-state index contributed by atoms with van der Waals surface area (Å²) in [5.41, 5.74) is 1.10. The highest BCUT2D eigenvalue weighted by molar-refractivity contribution is 5.39. The van der Waals surface area contributed by atoms with Crippen LogP contribution >= 0.6 is 0 Å². The van der Waals surface area contributed by atoms with E-state index in [2.05, 4.69) is 24.3 Å². The number of anilines is 1. The van der Waals surface area contributed by atoms with Crippen LogP contribution in [0.15, 0.2) is 12.4 Å². The van der Waals surface area contributed by atoms with E-state index in [1.54, 1.807) is 0 Å². The molecule has 0 aliphatic carbocycles. The van der Waals surface area contributed by atoms with Gasteiger partial charge in [0.15, 0.2) is 0 Å². The Kier molecular flexibility index (Phi) is 2.69. The van der Waals surface area contributed by atoms with Gasteiger partial charge in [0.1, 0.15) is 0 Å². The quantitative estimate of drug-likeness (QED) is 0.807. The van der Waals surface area contributed by atoms with Gasteiger partial charge in [0.2, 0.25) is 0 Å². The van der Waals surface area contributed by atoms with Crippen molar-refractivity contribution in [2.45, 2.75) is 38.3 Å². The average molecular weight is 209 g/mol. The van der Waals surface area contributed by atoms with Crippen LogP contribution in [-0.2, 0) is 11.8 Å². The fourth-order valence-corrected chi connectivity index (χ4v) is 2.09. The second-order valence-corrected chi connectivity index (χ2v) is 4.84. The van der Waals surface area contributed by atoms with Crippen molar-refractivity contribution < 1.29 is 4.74 Å². The van der Waals surface area contributed by atoms with Crippen LogP contribution in [0, 0.1) is 0 Å². The van der Waals surface area contributed by atoms with Gasteiger partial charge in [-0.25, -0.2) is 0 Å². The lowest BCUT2D eigenvalue weighted by Crippen LogP contribution is -2.40. The van der Waals surface area contributed by atoms with Gasteiger partial charge >= 0.3 is 0 Å². The average Bonchev–Trinajstić information content (AvgIpc) is 2.49. The van der Waals surface area contributed by atoms with Gasteiger partial charge in [-0.05, 0) is 26.7 Å². The van der Waals surface area contributed by atoms with Crippen molar-refractivity contribution in [1.29, 1.82) is 0 Å². The van der Waals surface area contributed by atoms with Gasteiger partial charge in [-0.15, -0.1) is 0 Å². The maximum Gasteiger partial charge on any atom is 0.0728 e. The van der Waals surface area contributed by atoms with E-state index >= 15 is 0 Å². The molecule has 1 N–H and O–H groups in total. The van der Waals surface area contributed by atoms with E-state index < -0.39 is 0 Å². The Morgan fingerprint density at radius 1 is 1.60 bits per heavy atom. The van der Waals surface area contributed by atoms with E-state index in [1.807, 2.05) is 24.1 Å². The third-order valence-electron chi connectivity index (χ3n) is 2.77. The number of hydrogen-bond acceptors (Lipinski definition) is 3. The number of nitrogens with one attached hydrogen (secondary N) is 1. The first-order valence-electron chi connectivity index (χ1n) is 5.44. The zero-order chi connectivity index (χ0) is 10.9. The van der Waals surface area contributed by atoms with Gasteiger partial charge in [0.25, 0.3) is 0 Å². The summed E-state index contributed by atoms with van der Waals surface area (Å²) in [6.45, 7) is 5.12. The first-order valence-corrected chi connectivity index (χ1v) is 5.44. The molecule has 0 spiro atoms. The minimum absolute atomic E-state index is 0.00186. The molecule has 0 amide bonds. The SMILES string of the molecule is Cn1cc(NC2CCOC(C)(C)C2)cn1. The molecule has 1 atom stereocenters. The third kappa shape index (κ3) is 2.72.